The molecule has 0 saturated carbocycles. The lowest BCUT2D eigenvalue weighted by Crippen LogP contribution is -2.02. The number of nitrogens with zero attached hydrogens (tertiary/aromatic N) is 18. The Morgan fingerprint density at radius 2 is 0.312 bits per heavy atom. The highest BCUT2D eigenvalue weighted by molar-refractivity contribution is 5.80. The standard InChI is InChI=1S/C120H186N18O6/c1-7-13-19-25-31-37-43-49-55-61-79-133-91-109(121-127-133)97-139-115-76-73-103(88-118(115)142-100-112-94-136(130-124-112)82-64-58-52-46-40-34-28-22-16-10-4)67-70-106-85-107(71-68-104-74-77-116(140-98-110-92-134(128-122-110)80-62-56-50-44-38-32-26-20-14-8-2)119(89-104)143-101-113-95-137(131-125-113)83-65-59-53-47-41-35-29-23-17-11-5)87-108(86-106)72-69-105-75-78-117(141-99-111-93-135(129-123-111)81-63-57-51-45-39-33-27-21-15-9-3)120(90-105)144-102-114-96-138(132-126-114)84-66-60-54-48-42-36-30-24-18-12-6/h67-78,85-96H,7-66,79-84,97-102H2,1-6H3/b70-67+,71-68+,72-69+. The number of aryl methyl sites for hydroxylation is 6. The van der Waals surface area contributed by atoms with Crippen LogP contribution in [0.4, 0.5) is 0 Å². The van der Waals surface area contributed by atoms with Crippen LogP contribution in [0.2, 0.25) is 0 Å². The van der Waals surface area contributed by atoms with E-state index in [1.807, 2.05) is 102 Å². The molecular weight excluding hydrogens is 1790 g/mol. The van der Waals surface area contributed by atoms with Crippen molar-refractivity contribution in [3.8, 4) is 34.5 Å². The van der Waals surface area contributed by atoms with Crippen LogP contribution in [-0.2, 0) is 78.9 Å². The molecule has 4 aromatic carbocycles. The van der Waals surface area contributed by atoms with Gasteiger partial charge >= 0.3 is 0 Å². The third-order valence-corrected chi connectivity index (χ3v) is 27.5. The first-order chi connectivity index (χ1) is 71.2. The number of benzene rings is 4. The molecule has 0 saturated heterocycles. The van der Waals surface area contributed by atoms with Crippen molar-refractivity contribution in [1.29, 1.82) is 0 Å². The number of hydrogen-bond acceptors (Lipinski definition) is 18. The molecule has 144 heavy (non-hydrogen) atoms. The summed E-state index contributed by atoms with van der Waals surface area (Å²) in [5, 5.41) is 54.7. The first-order valence-corrected chi connectivity index (χ1v) is 57.9. The Morgan fingerprint density at radius 1 is 0.167 bits per heavy atom. The minimum Gasteiger partial charge on any atom is -0.483 e. The SMILES string of the molecule is CCCCCCCCCCCCn1cc(COc2ccc(/C=C/c3cc(/C=C/c4ccc(OCc5cn(CCCCCCCCCCCC)nn5)c(OCc5cn(CCCCCCCCCCCC)nn5)c4)cc(/C=C/c4ccc(OCc5cn(CCCCCCCCCCCC)nn5)c(OCc5cn(CCCCCCCCCCCC)nn5)c4)c3)cc2OCc2cn(CCCCCCCCCCCC)nn2)nn1. The van der Waals surface area contributed by atoms with Gasteiger partial charge in [0.05, 0.1) is 37.2 Å². The lowest BCUT2D eigenvalue weighted by atomic mass is 10.0. The molecule has 6 aromatic heterocycles. The number of rotatable bonds is 90. The Kier molecular flexibility index (Phi) is 59.9. The summed E-state index contributed by atoms with van der Waals surface area (Å²) in [6.07, 6.45) is 102. The quantitative estimate of drug-likeness (QED) is 0.0254. The van der Waals surface area contributed by atoms with E-state index in [2.05, 4.69) is 176 Å². The molecule has 0 unspecified atom stereocenters. The zero-order chi connectivity index (χ0) is 100. The van der Waals surface area contributed by atoms with E-state index in [1.165, 1.54) is 347 Å². The minimum atomic E-state index is 0.213. The topological polar surface area (TPSA) is 240 Å². The second-order valence-corrected chi connectivity index (χ2v) is 40.7. The van der Waals surface area contributed by atoms with Gasteiger partial charge in [-0.1, -0.05) is 474 Å². The fraction of sp³-hybridized carbons (Fsp3) is 0.650. The van der Waals surface area contributed by atoms with Gasteiger partial charge in [0.2, 0.25) is 0 Å². The number of unbranched alkanes of at least 4 members (excludes halogenated alkanes) is 54. The van der Waals surface area contributed by atoms with Gasteiger partial charge in [0.1, 0.15) is 73.8 Å². The van der Waals surface area contributed by atoms with Crippen LogP contribution in [0.3, 0.4) is 0 Å². The van der Waals surface area contributed by atoms with Gasteiger partial charge < -0.3 is 28.4 Å². The number of aromatic nitrogens is 18. The van der Waals surface area contributed by atoms with Crippen molar-refractivity contribution in [2.24, 2.45) is 0 Å². The largest absolute Gasteiger partial charge is 0.483 e. The van der Waals surface area contributed by atoms with Gasteiger partial charge in [0.15, 0.2) is 34.5 Å². The predicted molar refractivity (Wildman–Crippen MR) is 590 cm³/mol. The molecule has 0 atom stereocenters. The lowest BCUT2D eigenvalue weighted by Gasteiger charge is -2.13. The normalized spacial score (nSPS) is 11.8. The molecule has 24 nitrogen and oxygen atoms in total. The van der Waals surface area contributed by atoms with Gasteiger partial charge in [-0.3, -0.25) is 28.1 Å². The molecule has 6 heterocycles. The molecule has 0 amide bonds. The molecule has 0 aliphatic rings. The average Bonchev–Trinajstić information content (AvgIpc) is 1.03. The Labute approximate surface area is 867 Å². The van der Waals surface area contributed by atoms with Crippen LogP contribution < -0.4 is 28.4 Å². The molecule has 10 rings (SSSR count). The molecule has 0 fully saturated rings. The van der Waals surface area contributed by atoms with Gasteiger partial charge in [-0.25, -0.2) is 0 Å². The van der Waals surface area contributed by atoms with Crippen LogP contribution in [0.15, 0.2) is 110 Å². The third-order valence-electron chi connectivity index (χ3n) is 27.5. The van der Waals surface area contributed by atoms with E-state index in [0.29, 0.717) is 34.5 Å². The van der Waals surface area contributed by atoms with E-state index in [0.717, 1.165) is 145 Å². The van der Waals surface area contributed by atoms with Gasteiger partial charge in [0.25, 0.3) is 0 Å². The van der Waals surface area contributed by atoms with Crippen LogP contribution >= 0.6 is 0 Å². The molecule has 0 aliphatic heterocycles. The van der Waals surface area contributed by atoms with Crippen molar-refractivity contribution < 1.29 is 28.4 Å². The van der Waals surface area contributed by atoms with Gasteiger partial charge in [-0.15, -0.1) is 30.6 Å². The summed E-state index contributed by atoms with van der Waals surface area (Å²) in [6.45, 7) is 20.0. The molecule has 10 aromatic rings. The highest BCUT2D eigenvalue weighted by Crippen LogP contribution is 2.36. The molecule has 0 aliphatic carbocycles. The Morgan fingerprint density at radius 3 is 0.479 bits per heavy atom. The van der Waals surface area contributed by atoms with E-state index < -0.39 is 0 Å². The van der Waals surface area contributed by atoms with Crippen LogP contribution in [-0.4, -0.2) is 90.0 Å². The molecule has 792 valence electrons. The average molecular weight is 1980 g/mol. The lowest BCUT2D eigenvalue weighted by molar-refractivity contribution is 0.251. The molecule has 0 bridgehead atoms. The molecule has 24 heteroatoms. The second kappa shape index (κ2) is 74.6. The summed E-state index contributed by atoms with van der Waals surface area (Å²) >= 11 is 0. The van der Waals surface area contributed by atoms with Gasteiger partial charge in [0, 0.05) is 39.3 Å². The molecule has 0 radical (unpaired) electrons. The number of hydrogen-bond donors (Lipinski definition) is 0. The highest BCUT2D eigenvalue weighted by atomic mass is 16.5. The van der Waals surface area contributed by atoms with Crippen molar-refractivity contribution >= 4 is 36.5 Å². The van der Waals surface area contributed by atoms with E-state index in [-0.39, 0.29) is 39.6 Å². The van der Waals surface area contributed by atoms with Crippen LogP contribution in [0, 0.1) is 0 Å². The van der Waals surface area contributed by atoms with Crippen LogP contribution in [0.1, 0.15) is 494 Å². The summed E-state index contributed by atoms with van der Waals surface area (Å²) in [4.78, 5) is 0. The minimum absolute atomic E-state index is 0.213. The Hall–Kier alpha value is -10.3. The monoisotopic (exact) mass is 1980 g/mol. The van der Waals surface area contributed by atoms with E-state index in [1.54, 1.807) is 0 Å². The first-order valence-electron chi connectivity index (χ1n) is 57.9. The van der Waals surface area contributed by atoms with Crippen LogP contribution in [0.25, 0.3) is 36.5 Å². The summed E-state index contributed by atoms with van der Waals surface area (Å²) < 4.78 is 51.9. The number of ether oxygens (including phenoxy) is 6. The fourth-order valence-electron chi connectivity index (χ4n) is 18.7. The Bertz CT molecular complexity index is 4520. The summed E-state index contributed by atoms with van der Waals surface area (Å²) in [5.74, 6) is 3.54. The first kappa shape index (κ1) is 116. The van der Waals surface area contributed by atoms with Gasteiger partial charge in [-0.05, 0) is 127 Å². The Balaban J connectivity index is 0.911. The summed E-state index contributed by atoms with van der Waals surface area (Å²) in [7, 11) is 0. The fourth-order valence-corrected chi connectivity index (χ4v) is 18.7. The smallest absolute Gasteiger partial charge is 0.162 e. The maximum Gasteiger partial charge on any atom is 0.162 e. The third kappa shape index (κ3) is 50.2. The summed E-state index contributed by atoms with van der Waals surface area (Å²) in [5.41, 5.74) is 10.2. The van der Waals surface area contributed by atoms with E-state index in [9.17, 15) is 0 Å². The van der Waals surface area contributed by atoms with Gasteiger partial charge in [-0.2, -0.15) is 0 Å². The van der Waals surface area contributed by atoms with Crippen LogP contribution in [0.5, 0.6) is 34.5 Å². The predicted octanol–water partition coefficient (Wildman–Crippen LogP) is 32.7. The second-order valence-electron chi connectivity index (χ2n) is 40.7. The summed E-state index contributed by atoms with van der Waals surface area (Å²) in [6, 6.07) is 25.0. The van der Waals surface area contributed by atoms with Crippen molar-refractivity contribution in [3.05, 3.63) is 178 Å². The maximum absolute atomic E-state index is 6.75. The van der Waals surface area contributed by atoms with Crippen molar-refractivity contribution in [2.75, 3.05) is 0 Å². The van der Waals surface area contributed by atoms with Crippen molar-refractivity contribution in [3.63, 3.8) is 0 Å². The van der Waals surface area contributed by atoms with E-state index >= 15 is 0 Å². The zero-order valence-corrected chi connectivity index (χ0v) is 90.3. The molecule has 0 N–H and O–H groups in total. The van der Waals surface area contributed by atoms with Crippen molar-refractivity contribution in [2.45, 2.75) is 506 Å². The maximum atomic E-state index is 6.75. The van der Waals surface area contributed by atoms with Crippen molar-refractivity contribution in [1.82, 2.24) is 90.0 Å². The van der Waals surface area contributed by atoms with E-state index in [4.69, 9.17) is 28.4 Å². The zero-order valence-electron chi connectivity index (χ0n) is 90.3. The highest BCUT2D eigenvalue weighted by Gasteiger charge is 2.18. The molecule has 0 spiro atoms. The molecular formula is C120H186N18O6.